The number of carbonyl (C=O) groups excluding carboxylic acids is 2. The Morgan fingerprint density at radius 3 is 2.30 bits per heavy atom. The highest BCUT2D eigenvalue weighted by atomic mass is 32.2. The van der Waals surface area contributed by atoms with Crippen LogP contribution in [0.1, 0.15) is 15.9 Å². The highest BCUT2D eigenvalue weighted by Gasteiger charge is 2.23. The van der Waals surface area contributed by atoms with Gasteiger partial charge in [-0.15, -0.1) is 0 Å². The van der Waals surface area contributed by atoms with Gasteiger partial charge in [0.25, 0.3) is 17.5 Å². The lowest BCUT2D eigenvalue weighted by Crippen LogP contribution is -2.46. The molecule has 2 aromatic rings. The number of nitro groups is 1. The molecular formula is C18H21N5O6S. The van der Waals surface area contributed by atoms with Gasteiger partial charge in [0.05, 0.1) is 21.9 Å². The number of hydrazine groups is 1. The molecule has 0 unspecified atom stereocenters. The molecule has 3 N–H and O–H groups in total. The second-order valence-electron chi connectivity index (χ2n) is 6.31. The van der Waals surface area contributed by atoms with E-state index in [-0.39, 0.29) is 16.1 Å². The molecule has 11 nitrogen and oxygen atoms in total. The molecule has 2 aromatic carbocycles. The van der Waals surface area contributed by atoms with Crippen LogP contribution in [0, 0.1) is 17.0 Å². The summed E-state index contributed by atoms with van der Waals surface area (Å²) in [6, 6.07) is 9.79. The number of rotatable bonds is 7. The van der Waals surface area contributed by atoms with Crippen LogP contribution in [0.15, 0.2) is 47.4 Å². The van der Waals surface area contributed by atoms with Crippen molar-refractivity contribution in [3.05, 3.63) is 63.7 Å². The third-order valence-corrected chi connectivity index (χ3v) is 5.96. The van der Waals surface area contributed by atoms with Gasteiger partial charge in [0.15, 0.2) is 0 Å². The number of nitro benzene ring substituents is 1. The van der Waals surface area contributed by atoms with Gasteiger partial charge in [-0.25, -0.2) is 8.42 Å². The third kappa shape index (κ3) is 5.30. The van der Waals surface area contributed by atoms with Crippen LogP contribution >= 0.6 is 0 Å². The van der Waals surface area contributed by atoms with Crippen LogP contribution in [-0.2, 0) is 14.8 Å². The lowest BCUT2D eigenvalue weighted by atomic mass is 10.1. The molecular weight excluding hydrogens is 414 g/mol. The van der Waals surface area contributed by atoms with Crippen LogP contribution in [0.2, 0.25) is 0 Å². The molecule has 12 heteroatoms. The van der Waals surface area contributed by atoms with Crippen LogP contribution in [0.3, 0.4) is 0 Å². The average Bonchev–Trinajstić information content (AvgIpc) is 2.71. The molecule has 2 rings (SSSR count). The molecule has 0 saturated heterocycles. The molecule has 0 aliphatic carbocycles. The lowest BCUT2D eigenvalue weighted by Gasteiger charge is -2.17. The monoisotopic (exact) mass is 435 g/mol. The summed E-state index contributed by atoms with van der Waals surface area (Å²) in [7, 11) is -1.13. The zero-order chi connectivity index (χ0) is 22.5. The number of hydrogen-bond donors (Lipinski definition) is 3. The molecule has 0 fully saturated rings. The standard InChI is InChI=1S/C18H21N5O6S/c1-12-4-7-14(8-5-12)30(28,29)22(3)11-17(24)20-21-18(25)15-10-13(23(26)27)6-9-16(15)19-2/h4-10,19H,11H2,1-3H3,(H,20,24)(H,21,25). The van der Waals surface area contributed by atoms with Gasteiger partial charge in [-0.3, -0.25) is 30.6 Å². The number of sulfonamides is 1. The minimum absolute atomic E-state index is 0.0303. The minimum Gasteiger partial charge on any atom is -0.387 e. The Morgan fingerprint density at radius 1 is 1.10 bits per heavy atom. The Morgan fingerprint density at radius 2 is 1.73 bits per heavy atom. The van der Waals surface area contributed by atoms with Crippen LogP contribution in [0.4, 0.5) is 11.4 Å². The summed E-state index contributed by atoms with van der Waals surface area (Å²) in [5.74, 6) is -1.60. The van der Waals surface area contributed by atoms with E-state index in [0.717, 1.165) is 15.9 Å². The maximum Gasteiger partial charge on any atom is 0.272 e. The second kappa shape index (κ2) is 9.33. The summed E-state index contributed by atoms with van der Waals surface area (Å²) in [6.07, 6.45) is 0. The van der Waals surface area contributed by atoms with E-state index in [2.05, 4.69) is 16.2 Å². The summed E-state index contributed by atoms with van der Waals surface area (Å²) in [5, 5.41) is 13.6. The number of likely N-dealkylation sites (N-methyl/N-ethyl adjacent to an activating group) is 1. The number of carbonyl (C=O) groups is 2. The van der Waals surface area contributed by atoms with Gasteiger partial charge >= 0.3 is 0 Å². The Bertz CT molecular complexity index is 1070. The number of nitrogens with one attached hydrogen (secondary N) is 3. The fourth-order valence-electron chi connectivity index (χ4n) is 2.46. The number of non-ortho nitro benzene ring substituents is 1. The molecule has 160 valence electrons. The topological polar surface area (TPSA) is 151 Å². The quantitative estimate of drug-likeness (QED) is 0.434. The molecule has 0 heterocycles. The van der Waals surface area contributed by atoms with Gasteiger partial charge in [0.1, 0.15) is 0 Å². The van der Waals surface area contributed by atoms with E-state index in [0.29, 0.717) is 5.69 Å². The van der Waals surface area contributed by atoms with Crippen LogP contribution in [0.5, 0.6) is 0 Å². The second-order valence-corrected chi connectivity index (χ2v) is 8.36. The number of anilines is 1. The summed E-state index contributed by atoms with van der Waals surface area (Å²) in [5.41, 5.74) is 5.06. The maximum absolute atomic E-state index is 12.5. The van der Waals surface area contributed by atoms with Crippen molar-refractivity contribution >= 4 is 33.2 Å². The van der Waals surface area contributed by atoms with Gasteiger partial charge in [-0.1, -0.05) is 17.7 Å². The van der Waals surface area contributed by atoms with E-state index >= 15 is 0 Å². The highest BCUT2D eigenvalue weighted by molar-refractivity contribution is 7.89. The normalized spacial score (nSPS) is 11.1. The van der Waals surface area contributed by atoms with Gasteiger partial charge in [-0.05, 0) is 25.1 Å². The SMILES string of the molecule is CNc1ccc([N+](=O)[O-])cc1C(=O)NNC(=O)CN(C)S(=O)(=O)c1ccc(C)cc1. The molecule has 0 radical (unpaired) electrons. The molecule has 0 aromatic heterocycles. The predicted octanol–water partition coefficient (Wildman–Crippen LogP) is 1.03. The van der Waals surface area contributed by atoms with Crippen LogP contribution < -0.4 is 16.2 Å². The van der Waals surface area contributed by atoms with Gasteiger partial charge in [0.2, 0.25) is 10.0 Å². The molecule has 0 aliphatic heterocycles. The zero-order valence-corrected chi connectivity index (χ0v) is 17.3. The van der Waals surface area contributed by atoms with Crippen molar-refractivity contribution in [3.63, 3.8) is 0 Å². The first-order chi connectivity index (χ1) is 14.1. The molecule has 0 spiro atoms. The van der Waals surface area contributed by atoms with Crippen molar-refractivity contribution in [2.75, 3.05) is 26.0 Å². The first kappa shape index (κ1) is 22.8. The number of benzene rings is 2. The van der Waals surface area contributed by atoms with Crippen molar-refractivity contribution in [1.82, 2.24) is 15.2 Å². The van der Waals surface area contributed by atoms with Gasteiger partial charge in [0, 0.05) is 31.9 Å². The Kier molecular flexibility index (Phi) is 7.08. The van der Waals surface area contributed by atoms with Crippen molar-refractivity contribution in [2.45, 2.75) is 11.8 Å². The van der Waals surface area contributed by atoms with Crippen molar-refractivity contribution in [1.29, 1.82) is 0 Å². The van der Waals surface area contributed by atoms with Crippen molar-refractivity contribution in [2.24, 2.45) is 0 Å². The highest BCUT2D eigenvalue weighted by Crippen LogP contribution is 2.21. The molecule has 30 heavy (non-hydrogen) atoms. The average molecular weight is 435 g/mol. The Hall–Kier alpha value is -3.51. The third-order valence-electron chi connectivity index (χ3n) is 4.14. The lowest BCUT2D eigenvalue weighted by molar-refractivity contribution is -0.384. The first-order valence-electron chi connectivity index (χ1n) is 8.64. The Labute approximate surface area is 173 Å². The molecule has 0 saturated carbocycles. The van der Waals surface area contributed by atoms with Crippen LogP contribution in [0.25, 0.3) is 0 Å². The van der Waals surface area contributed by atoms with E-state index in [1.807, 2.05) is 6.92 Å². The Balaban J connectivity index is 2.03. The first-order valence-corrected chi connectivity index (χ1v) is 10.1. The van der Waals surface area contributed by atoms with E-state index in [9.17, 15) is 28.1 Å². The summed E-state index contributed by atoms with van der Waals surface area (Å²) in [6.45, 7) is 1.27. The summed E-state index contributed by atoms with van der Waals surface area (Å²) >= 11 is 0. The fraction of sp³-hybridized carbons (Fsp3) is 0.222. The van der Waals surface area contributed by atoms with E-state index < -0.39 is 33.3 Å². The van der Waals surface area contributed by atoms with E-state index in [1.165, 1.54) is 38.4 Å². The van der Waals surface area contributed by atoms with Gasteiger partial charge in [-0.2, -0.15) is 4.31 Å². The number of nitrogens with zero attached hydrogens (tertiary/aromatic N) is 2. The van der Waals surface area contributed by atoms with Crippen LogP contribution in [-0.4, -0.2) is 50.1 Å². The van der Waals surface area contributed by atoms with Crippen molar-refractivity contribution < 1.29 is 22.9 Å². The maximum atomic E-state index is 12.5. The molecule has 0 aliphatic rings. The smallest absolute Gasteiger partial charge is 0.272 e. The zero-order valence-electron chi connectivity index (χ0n) is 16.5. The predicted molar refractivity (Wildman–Crippen MR) is 109 cm³/mol. The number of hydrogen-bond acceptors (Lipinski definition) is 7. The largest absolute Gasteiger partial charge is 0.387 e. The molecule has 0 atom stereocenters. The van der Waals surface area contributed by atoms with E-state index in [4.69, 9.17) is 0 Å². The fourth-order valence-corrected chi connectivity index (χ4v) is 3.59. The number of amides is 2. The summed E-state index contributed by atoms with van der Waals surface area (Å²) < 4.78 is 25.9. The molecule has 2 amide bonds. The number of aryl methyl sites for hydroxylation is 1. The van der Waals surface area contributed by atoms with Crippen molar-refractivity contribution in [3.8, 4) is 0 Å². The summed E-state index contributed by atoms with van der Waals surface area (Å²) in [4.78, 5) is 34.7. The molecule has 0 bridgehead atoms. The van der Waals surface area contributed by atoms with E-state index in [1.54, 1.807) is 12.1 Å². The minimum atomic E-state index is -3.89. The van der Waals surface area contributed by atoms with Gasteiger partial charge < -0.3 is 5.32 Å².